The van der Waals surface area contributed by atoms with Gasteiger partial charge in [0.05, 0.1) is 0 Å². The van der Waals surface area contributed by atoms with Crippen LogP contribution >= 0.6 is 0 Å². The van der Waals surface area contributed by atoms with Gasteiger partial charge in [-0.1, -0.05) is 27.4 Å². The van der Waals surface area contributed by atoms with Crippen LogP contribution in [-0.2, 0) is 0 Å². The molecule has 0 aliphatic carbocycles. The summed E-state index contributed by atoms with van der Waals surface area (Å²) in [5, 5.41) is 3.34. The summed E-state index contributed by atoms with van der Waals surface area (Å²) in [6.07, 6.45) is 4.01. The Morgan fingerprint density at radius 1 is 1.31 bits per heavy atom. The molecule has 0 aromatic rings. The summed E-state index contributed by atoms with van der Waals surface area (Å²) in [4.78, 5) is 2.58. The first-order chi connectivity index (χ1) is 7.65. The molecule has 0 spiro atoms. The Bertz CT molecular complexity index is 219. The molecule has 0 atom stereocenters. The second kappa shape index (κ2) is 6.41. The van der Waals surface area contributed by atoms with Crippen molar-refractivity contribution in [2.24, 2.45) is 5.41 Å². The molecule has 0 aromatic heterocycles. The van der Waals surface area contributed by atoms with E-state index in [1.165, 1.54) is 37.9 Å². The summed E-state index contributed by atoms with van der Waals surface area (Å²) >= 11 is 0. The van der Waals surface area contributed by atoms with E-state index in [2.05, 4.69) is 37.6 Å². The molecule has 0 saturated carbocycles. The lowest BCUT2D eigenvalue weighted by molar-refractivity contribution is 0.249. The van der Waals surface area contributed by atoms with Crippen LogP contribution in [0.2, 0.25) is 0 Å². The lowest BCUT2D eigenvalue weighted by atomic mass is 9.82. The van der Waals surface area contributed by atoms with E-state index in [0.29, 0.717) is 5.41 Å². The molecule has 0 bridgehead atoms. The lowest BCUT2D eigenvalue weighted by Gasteiger charge is -2.26. The fraction of sp³-hybridized carbons (Fsp3) is 0.857. The Hall–Kier alpha value is -0.340. The maximum atomic E-state index is 4.15. The topological polar surface area (TPSA) is 15.3 Å². The molecule has 1 aliphatic rings. The van der Waals surface area contributed by atoms with Crippen molar-refractivity contribution in [1.82, 2.24) is 10.2 Å². The molecule has 0 amide bonds. The highest BCUT2D eigenvalue weighted by molar-refractivity contribution is 5.02. The van der Waals surface area contributed by atoms with E-state index in [1.54, 1.807) is 0 Å². The molecule has 0 aromatic carbocycles. The minimum atomic E-state index is 0.596. The molecule has 0 unspecified atom stereocenters. The average molecular weight is 224 g/mol. The van der Waals surface area contributed by atoms with Crippen molar-refractivity contribution >= 4 is 0 Å². The van der Waals surface area contributed by atoms with Crippen LogP contribution in [0.1, 0.15) is 40.0 Å². The second-order valence-electron chi connectivity index (χ2n) is 5.20. The van der Waals surface area contributed by atoms with Crippen molar-refractivity contribution in [2.45, 2.75) is 40.0 Å². The highest BCUT2D eigenvalue weighted by atomic mass is 15.2. The lowest BCUT2D eigenvalue weighted by Crippen LogP contribution is -2.30. The van der Waals surface area contributed by atoms with Gasteiger partial charge in [-0.25, -0.2) is 0 Å². The number of nitrogens with zero attached hydrogens (tertiary/aromatic N) is 1. The third-order valence-electron chi connectivity index (χ3n) is 4.09. The fourth-order valence-corrected chi connectivity index (χ4v) is 2.66. The van der Waals surface area contributed by atoms with Crippen LogP contribution in [0.15, 0.2) is 12.2 Å². The first kappa shape index (κ1) is 13.7. The van der Waals surface area contributed by atoms with Gasteiger partial charge < -0.3 is 5.32 Å². The van der Waals surface area contributed by atoms with Crippen LogP contribution in [0.25, 0.3) is 0 Å². The molecule has 16 heavy (non-hydrogen) atoms. The maximum Gasteiger partial charge on any atom is 0.0203 e. The zero-order chi connectivity index (χ0) is 12.0. The van der Waals surface area contributed by atoms with E-state index in [0.717, 1.165) is 19.6 Å². The Morgan fingerprint density at radius 2 is 2.00 bits per heavy atom. The molecule has 1 fully saturated rings. The molecular weight excluding hydrogens is 196 g/mol. The van der Waals surface area contributed by atoms with Gasteiger partial charge in [-0.2, -0.15) is 0 Å². The molecule has 0 radical (unpaired) electrons. The number of nitrogens with one attached hydrogen (secondary N) is 1. The number of rotatable bonds is 7. The number of likely N-dealkylation sites (N-methyl/N-ethyl adjacent to an activating group) is 1. The molecule has 1 heterocycles. The first-order valence-electron chi connectivity index (χ1n) is 6.75. The number of hydrogen-bond donors (Lipinski definition) is 1. The zero-order valence-corrected chi connectivity index (χ0v) is 11.3. The van der Waals surface area contributed by atoms with Gasteiger partial charge in [-0.15, -0.1) is 0 Å². The van der Waals surface area contributed by atoms with Gasteiger partial charge in [0.1, 0.15) is 0 Å². The van der Waals surface area contributed by atoms with Crippen LogP contribution in [0.3, 0.4) is 0 Å². The molecule has 2 heteroatoms. The van der Waals surface area contributed by atoms with Gasteiger partial charge in [0.25, 0.3) is 0 Å². The highest BCUT2D eigenvalue weighted by Crippen LogP contribution is 2.36. The third-order valence-corrected chi connectivity index (χ3v) is 4.09. The van der Waals surface area contributed by atoms with Gasteiger partial charge in [0, 0.05) is 19.6 Å². The molecule has 94 valence electrons. The molecular formula is C14H28N2. The molecule has 2 nitrogen and oxygen atoms in total. The Balaban J connectivity index is 2.33. The summed E-state index contributed by atoms with van der Waals surface area (Å²) in [5.74, 6) is 0. The summed E-state index contributed by atoms with van der Waals surface area (Å²) in [7, 11) is 0. The van der Waals surface area contributed by atoms with Crippen LogP contribution in [-0.4, -0.2) is 37.6 Å². The average Bonchev–Trinajstić information content (AvgIpc) is 2.70. The SMILES string of the molecule is C=C(CNCC)CN1CCC(CC)(CC)C1. The Labute approximate surface area is 101 Å². The minimum Gasteiger partial charge on any atom is -0.313 e. The number of hydrogen-bond acceptors (Lipinski definition) is 2. The molecule has 1 saturated heterocycles. The summed E-state index contributed by atoms with van der Waals surface area (Å²) in [5.41, 5.74) is 1.92. The largest absolute Gasteiger partial charge is 0.313 e. The highest BCUT2D eigenvalue weighted by Gasteiger charge is 2.34. The van der Waals surface area contributed by atoms with Gasteiger partial charge in [0.15, 0.2) is 0 Å². The van der Waals surface area contributed by atoms with E-state index >= 15 is 0 Å². The summed E-state index contributed by atoms with van der Waals surface area (Å²) in [6, 6.07) is 0. The maximum absolute atomic E-state index is 4.15. The van der Waals surface area contributed by atoms with Crippen molar-refractivity contribution in [3.63, 3.8) is 0 Å². The van der Waals surface area contributed by atoms with E-state index in [-0.39, 0.29) is 0 Å². The van der Waals surface area contributed by atoms with E-state index in [9.17, 15) is 0 Å². The van der Waals surface area contributed by atoms with E-state index in [1.807, 2.05) is 0 Å². The van der Waals surface area contributed by atoms with Crippen molar-refractivity contribution in [3.8, 4) is 0 Å². The van der Waals surface area contributed by atoms with Crippen molar-refractivity contribution in [2.75, 3.05) is 32.7 Å². The predicted octanol–water partition coefficient (Wildman–Crippen LogP) is 2.66. The van der Waals surface area contributed by atoms with E-state index in [4.69, 9.17) is 0 Å². The predicted molar refractivity (Wildman–Crippen MR) is 71.8 cm³/mol. The monoisotopic (exact) mass is 224 g/mol. The van der Waals surface area contributed by atoms with Crippen LogP contribution < -0.4 is 5.32 Å². The fourth-order valence-electron chi connectivity index (χ4n) is 2.66. The van der Waals surface area contributed by atoms with Crippen LogP contribution in [0, 0.1) is 5.41 Å². The summed E-state index contributed by atoms with van der Waals surface area (Å²) in [6.45, 7) is 16.6. The zero-order valence-electron chi connectivity index (χ0n) is 11.3. The van der Waals surface area contributed by atoms with Crippen molar-refractivity contribution < 1.29 is 0 Å². The summed E-state index contributed by atoms with van der Waals surface area (Å²) < 4.78 is 0. The Morgan fingerprint density at radius 3 is 2.50 bits per heavy atom. The van der Waals surface area contributed by atoms with Crippen molar-refractivity contribution in [3.05, 3.63) is 12.2 Å². The first-order valence-corrected chi connectivity index (χ1v) is 6.75. The second-order valence-corrected chi connectivity index (χ2v) is 5.20. The molecule has 1 aliphatic heterocycles. The standard InChI is InChI=1S/C14H28N2/c1-5-14(6-2)8-9-16(12-14)11-13(4)10-15-7-3/h15H,4-12H2,1-3H3. The number of likely N-dealkylation sites (tertiary alicyclic amines) is 1. The quantitative estimate of drug-likeness (QED) is 0.669. The van der Waals surface area contributed by atoms with Gasteiger partial charge in [-0.05, 0) is 43.3 Å². The van der Waals surface area contributed by atoms with Crippen LogP contribution in [0.4, 0.5) is 0 Å². The van der Waals surface area contributed by atoms with E-state index < -0.39 is 0 Å². The van der Waals surface area contributed by atoms with Crippen molar-refractivity contribution in [1.29, 1.82) is 0 Å². The molecule has 1 rings (SSSR count). The minimum absolute atomic E-state index is 0.596. The third kappa shape index (κ3) is 3.60. The van der Waals surface area contributed by atoms with Gasteiger partial charge >= 0.3 is 0 Å². The Kier molecular flexibility index (Phi) is 5.50. The van der Waals surface area contributed by atoms with Crippen LogP contribution in [0.5, 0.6) is 0 Å². The van der Waals surface area contributed by atoms with Gasteiger partial charge in [-0.3, -0.25) is 4.90 Å². The normalized spacial score (nSPS) is 20.2. The molecule has 1 N–H and O–H groups in total. The smallest absolute Gasteiger partial charge is 0.0203 e. The van der Waals surface area contributed by atoms with Gasteiger partial charge in [0.2, 0.25) is 0 Å².